The van der Waals surface area contributed by atoms with Crippen molar-refractivity contribution in [2.24, 2.45) is 0 Å². The zero-order valence-corrected chi connectivity index (χ0v) is 11.7. The van der Waals surface area contributed by atoms with Gasteiger partial charge in [-0.05, 0) is 57.3 Å². The SMILES string of the molecule is COC(=O)Cc1c(I)ccc(I)c1O. The molecule has 0 aliphatic carbocycles. The Morgan fingerprint density at radius 2 is 2.00 bits per heavy atom. The number of aromatic hydroxyl groups is 1. The maximum absolute atomic E-state index is 11.1. The number of carbonyl (C=O) groups is 1. The molecule has 0 saturated heterocycles. The molecule has 76 valence electrons. The topological polar surface area (TPSA) is 46.5 Å². The lowest BCUT2D eigenvalue weighted by molar-refractivity contribution is -0.139. The van der Waals surface area contributed by atoms with Gasteiger partial charge in [-0.2, -0.15) is 0 Å². The van der Waals surface area contributed by atoms with Crippen LogP contribution in [-0.2, 0) is 16.0 Å². The number of ether oxygens (including phenoxy) is 1. The van der Waals surface area contributed by atoms with Crippen molar-refractivity contribution in [2.75, 3.05) is 7.11 Å². The van der Waals surface area contributed by atoms with Crippen molar-refractivity contribution in [3.63, 3.8) is 0 Å². The van der Waals surface area contributed by atoms with Gasteiger partial charge in [-0.15, -0.1) is 0 Å². The predicted octanol–water partition coefficient (Wildman–Crippen LogP) is 2.32. The van der Waals surface area contributed by atoms with Crippen LogP contribution in [0.5, 0.6) is 5.75 Å². The van der Waals surface area contributed by atoms with Crippen LogP contribution in [0.2, 0.25) is 0 Å². The quantitative estimate of drug-likeness (QED) is 0.593. The molecule has 0 aromatic heterocycles. The van der Waals surface area contributed by atoms with Gasteiger partial charge in [0.15, 0.2) is 0 Å². The molecule has 5 heteroatoms. The van der Waals surface area contributed by atoms with Gasteiger partial charge in [-0.1, -0.05) is 0 Å². The number of halogens is 2. The van der Waals surface area contributed by atoms with Gasteiger partial charge < -0.3 is 9.84 Å². The monoisotopic (exact) mass is 418 g/mol. The Kier molecular flexibility index (Phi) is 4.42. The molecule has 0 heterocycles. The first-order valence-electron chi connectivity index (χ1n) is 3.79. The van der Waals surface area contributed by atoms with Crippen molar-refractivity contribution in [1.29, 1.82) is 0 Å². The summed E-state index contributed by atoms with van der Waals surface area (Å²) in [6.45, 7) is 0. The average molecular weight is 418 g/mol. The Morgan fingerprint density at radius 1 is 1.43 bits per heavy atom. The molecule has 1 N–H and O–H groups in total. The molecule has 0 fully saturated rings. The molecular formula is C9H8I2O3. The number of hydrogen-bond donors (Lipinski definition) is 1. The van der Waals surface area contributed by atoms with Crippen molar-refractivity contribution in [1.82, 2.24) is 0 Å². The van der Waals surface area contributed by atoms with Gasteiger partial charge >= 0.3 is 5.97 Å². The van der Waals surface area contributed by atoms with Crippen LogP contribution in [0, 0.1) is 7.14 Å². The lowest BCUT2D eigenvalue weighted by atomic mass is 10.1. The smallest absolute Gasteiger partial charge is 0.310 e. The molecule has 0 amide bonds. The van der Waals surface area contributed by atoms with Crippen LogP contribution < -0.4 is 0 Å². The molecule has 14 heavy (non-hydrogen) atoms. The standard InChI is InChI=1S/C9H8I2O3/c1-14-8(12)4-5-6(10)2-3-7(11)9(5)13/h2-3,13H,4H2,1H3. The molecule has 0 radical (unpaired) electrons. The van der Waals surface area contributed by atoms with E-state index in [2.05, 4.69) is 27.3 Å². The molecule has 0 aliphatic heterocycles. The molecule has 1 aromatic rings. The van der Waals surface area contributed by atoms with Gasteiger partial charge in [0.2, 0.25) is 0 Å². The highest BCUT2D eigenvalue weighted by Gasteiger charge is 2.13. The third-order valence-electron chi connectivity index (χ3n) is 1.73. The van der Waals surface area contributed by atoms with E-state index in [1.807, 2.05) is 28.7 Å². The molecule has 1 rings (SSSR count). The summed E-state index contributed by atoms with van der Waals surface area (Å²) in [6, 6.07) is 3.67. The highest BCUT2D eigenvalue weighted by atomic mass is 127. The summed E-state index contributed by atoms with van der Waals surface area (Å²) in [4.78, 5) is 11.1. The molecule has 1 aromatic carbocycles. The molecule has 0 atom stereocenters. The molecule has 0 aliphatic rings. The zero-order chi connectivity index (χ0) is 10.7. The van der Waals surface area contributed by atoms with E-state index >= 15 is 0 Å². The first kappa shape index (κ1) is 12.0. The van der Waals surface area contributed by atoms with Crippen molar-refractivity contribution >= 4 is 51.2 Å². The van der Waals surface area contributed by atoms with Gasteiger partial charge in [0.05, 0.1) is 17.1 Å². The predicted molar refractivity (Wildman–Crippen MR) is 69.3 cm³/mol. The summed E-state index contributed by atoms with van der Waals surface area (Å²) >= 11 is 4.10. The summed E-state index contributed by atoms with van der Waals surface area (Å²) < 4.78 is 6.15. The zero-order valence-electron chi connectivity index (χ0n) is 7.38. The lowest BCUT2D eigenvalue weighted by Crippen LogP contribution is -2.06. The van der Waals surface area contributed by atoms with E-state index in [0.717, 1.165) is 7.14 Å². The van der Waals surface area contributed by atoms with Crippen LogP contribution in [0.4, 0.5) is 0 Å². The van der Waals surface area contributed by atoms with Crippen molar-refractivity contribution in [3.05, 3.63) is 24.8 Å². The van der Waals surface area contributed by atoms with Gasteiger partial charge in [0.25, 0.3) is 0 Å². The second-order valence-corrected chi connectivity index (χ2v) is 4.93. The van der Waals surface area contributed by atoms with E-state index < -0.39 is 0 Å². The number of phenolic OH excluding ortho intramolecular Hbond substituents is 1. The largest absolute Gasteiger partial charge is 0.507 e. The Labute approximate surface area is 109 Å². The Hall–Kier alpha value is -0.0500. The van der Waals surface area contributed by atoms with Crippen LogP contribution in [0.25, 0.3) is 0 Å². The van der Waals surface area contributed by atoms with Crippen LogP contribution in [-0.4, -0.2) is 18.2 Å². The number of carbonyl (C=O) groups excluding carboxylic acids is 1. The number of rotatable bonds is 2. The molecule has 3 nitrogen and oxygen atoms in total. The Morgan fingerprint density at radius 3 is 2.57 bits per heavy atom. The average Bonchev–Trinajstić information content (AvgIpc) is 2.18. The number of benzene rings is 1. The first-order chi connectivity index (χ1) is 6.56. The van der Waals surface area contributed by atoms with E-state index in [-0.39, 0.29) is 18.1 Å². The van der Waals surface area contributed by atoms with Crippen molar-refractivity contribution in [2.45, 2.75) is 6.42 Å². The summed E-state index contributed by atoms with van der Waals surface area (Å²) in [5, 5.41) is 9.70. The van der Waals surface area contributed by atoms with Crippen LogP contribution in [0.1, 0.15) is 5.56 Å². The molecule has 0 unspecified atom stereocenters. The van der Waals surface area contributed by atoms with Crippen LogP contribution in [0.15, 0.2) is 12.1 Å². The van der Waals surface area contributed by atoms with E-state index in [9.17, 15) is 9.90 Å². The fraction of sp³-hybridized carbons (Fsp3) is 0.222. The maximum Gasteiger partial charge on any atom is 0.310 e. The van der Waals surface area contributed by atoms with E-state index in [1.165, 1.54) is 7.11 Å². The van der Waals surface area contributed by atoms with Crippen LogP contribution in [0.3, 0.4) is 0 Å². The number of methoxy groups -OCH3 is 1. The summed E-state index contributed by atoms with van der Waals surface area (Å²) in [5.41, 5.74) is 0.629. The summed E-state index contributed by atoms with van der Waals surface area (Å²) in [6.07, 6.45) is 0.109. The van der Waals surface area contributed by atoms with Crippen molar-refractivity contribution in [3.8, 4) is 5.75 Å². The Balaban J connectivity index is 3.06. The normalized spacial score (nSPS) is 9.93. The van der Waals surface area contributed by atoms with Gasteiger partial charge in [-0.25, -0.2) is 0 Å². The highest BCUT2D eigenvalue weighted by molar-refractivity contribution is 14.1. The van der Waals surface area contributed by atoms with Crippen LogP contribution >= 0.6 is 45.2 Å². The van der Waals surface area contributed by atoms with E-state index in [0.29, 0.717) is 5.56 Å². The summed E-state index contributed by atoms with van der Waals surface area (Å²) in [5.74, 6) is -0.178. The van der Waals surface area contributed by atoms with Crippen molar-refractivity contribution < 1.29 is 14.6 Å². The Bertz CT molecular complexity index is 363. The summed E-state index contributed by atoms with van der Waals surface area (Å²) in [7, 11) is 1.33. The fourth-order valence-corrected chi connectivity index (χ4v) is 2.10. The minimum absolute atomic E-state index is 0.109. The fourth-order valence-electron chi connectivity index (χ4n) is 0.968. The lowest BCUT2D eigenvalue weighted by Gasteiger charge is -2.07. The highest BCUT2D eigenvalue weighted by Crippen LogP contribution is 2.28. The maximum atomic E-state index is 11.1. The minimum atomic E-state index is -0.347. The minimum Gasteiger partial charge on any atom is -0.507 e. The number of phenols is 1. The molecular weight excluding hydrogens is 410 g/mol. The van der Waals surface area contributed by atoms with Gasteiger partial charge in [0, 0.05) is 9.13 Å². The van der Waals surface area contributed by atoms with Gasteiger partial charge in [-0.3, -0.25) is 4.79 Å². The van der Waals surface area contributed by atoms with E-state index in [1.54, 1.807) is 6.07 Å². The molecule has 0 saturated carbocycles. The van der Waals surface area contributed by atoms with Gasteiger partial charge in [0.1, 0.15) is 5.75 Å². The molecule has 0 spiro atoms. The second-order valence-electron chi connectivity index (χ2n) is 2.61. The number of hydrogen-bond acceptors (Lipinski definition) is 3. The first-order valence-corrected chi connectivity index (χ1v) is 5.94. The number of esters is 1. The second kappa shape index (κ2) is 5.15. The third-order valence-corrected chi connectivity index (χ3v) is 3.61. The van der Waals surface area contributed by atoms with E-state index in [4.69, 9.17) is 0 Å². The molecule has 0 bridgehead atoms. The third kappa shape index (κ3) is 2.72.